The molecule has 0 saturated carbocycles. The largest absolute Gasteiger partial charge is 0.491 e. The molecule has 0 atom stereocenters. The monoisotopic (exact) mass is 210 g/mol. The molecule has 0 aliphatic heterocycles. The van der Waals surface area contributed by atoms with Crippen LogP contribution in [0, 0.1) is 0 Å². The zero-order valence-corrected chi connectivity index (χ0v) is 8.73. The van der Waals surface area contributed by atoms with Crippen molar-refractivity contribution in [1.82, 2.24) is 0 Å². The summed E-state index contributed by atoms with van der Waals surface area (Å²) in [5.41, 5.74) is -0.762. The molecule has 1 aromatic carbocycles. The van der Waals surface area contributed by atoms with Crippen LogP contribution in [0.5, 0.6) is 5.75 Å². The first-order valence-corrected chi connectivity index (χ1v) is 4.57. The van der Waals surface area contributed by atoms with Gasteiger partial charge in [0.1, 0.15) is 12.4 Å². The van der Waals surface area contributed by atoms with Crippen LogP contribution in [-0.2, 0) is 0 Å². The molecule has 2 N–H and O–H groups in total. The lowest BCUT2D eigenvalue weighted by atomic mass is 10.1. The van der Waals surface area contributed by atoms with Crippen LogP contribution in [-0.4, -0.2) is 28.4 Å². The Balaban J connectivity index is 2.70. The predicted octanol–water partition coefficient (Wildman–Crippen LogP) is 1.53. The average molecular weight is 210 g/mol. The normalized spacial score (nSPS) is 11.1. The Hall–Kier alpha value is -1.55. The minimum Gasteiger partial charge on any atom is -0.491 e. The molecule has 4 nitrogen and oxygen atoms in total. The first-order chi connectivity index (χ1) is 6.88. The zero-order valence-electron chi connectivity index (χ0n) is 8.73. The molecule has 0 unspecified atom stereocenters. The molecule has 1 rings (SSSR count). The number of carboxylic acids is 1. The van der Waals surface area contributed by atoms with E-state index in [9.17, 15) is 9.90 Å². The molecule has 0 spiro atoms. The third-order valence-electron chi connectivity index (χ3n) is 1.67. The molecular weight excluding hydrogens is 196 g/mol. The molecule has 82 valence electrons. The van der Waals surface area contributed by atoms with Crippen molar-refractivity contribution in [1.29, 1.82) is 0 Å². The second-order valence-electron chi connectivity index (χ2n) is 3.93. The Bertz CT molecular complexity index is 352. The Morgan fingerprint density at radius 3 is 2.67 bits per heavy atom. The maximum Gasteiger partial charge on any atom is 0.335 e. The van der Waals surface area contributed by atoms with Crippen molar-refractivity contribution in [2.45, 2.75) is 19.4 Å². The van der Waals surface area contributed by atoms with Gasteiger partial charge in [-0.3, -0.25) is 0 Å². The van der Waals surface area contributed by atoms with E-state index in [1.807, 2.05) is 0 Å². The van der Waals surface area contributed by atoms with Gasteiger partial charge >= 0.3 is 5.97 Å². The highest BCUT2D eigenvalue weighted by atomic mass is 16.5. The quantitative estimate of drug-likeness (QED) is 0.791. The van der Waals surface area contributed by atoms with Gasteiger partial charge in [-0.1, -0.05) is 6.07 Å². The van der Waals surface area contributed by atoms with Gasteiger partial charge in [0.15, 0.2) is 0 Å². The fourth-order valence-corrected chi connectivity index (χ4v) is 0.979. The highest BCUT2D eigenvalue weighted by Gasteiger charge is 2.13. The van der Waals surface area contributed by atoms with Crippen LogP contribution in [0.2, 0.25) is 0 Å². The number of benzene rings is 1. The first-order valence-electron chi connectivity index (χ1n) is 4.57. The van der Waals surface area contributed by atoms with Crippen molar-refractivity contribution in [3.8, 4) is 5.75 Å². The molecular formula is C11H14O4. The standard InChI is InChI=1S/C11H14O4/c1-11(2,14)7-15-9-5-3-4-8(6-9)10(12)13/h3-6,14H,7H2,1-2H3,(H,12,13). The van der Waals surface area contributed by atoms with Crippen molar-refractivity contribution in [2.75, 3.05) is 6.61 Å². The van der Waals surface area contributed by atoms with E-state index in [4.69, 9.17) is 9.84 Å². The third-order valence-corrected chi connectivity index (χ3v) is 1.67. The van der Waals surface area contributed by atoms with E-state index < -0.39 is 11.6 Å². The highest BCUT2D eigenvalue weighted by molar-refractivity contribution is 5.87. The maximum atomic E-state index is 10.6. The molecule has 4 heteroatoms. The second kappa shape index (κ2) is 4.31. The van der Waals surface area contributed by atoms with Gasteiger partial charge in [-0.15, -0.1) is 0 Å². The van der Waals surface area contributed by atoms with E-state index in [0.717, 1.165) is 0 Å². The Morgan fingerprint density at radius 2 is 2.13 bits per heavy atom. The van der Waals surface area contributed by atoms with Gasteiger partial charge < -0.3 is 14.9 Å². The molecule has 0 bridgehead atoms. The molecule has 0 aromatic heterocycles. The summed E-state index contributed by atoms with van der Waals surface area (Å²) in [4.78, 5) is 10.6. The topological polar surface area (TPSA) is 66.8 Å². The fourth-order valence-electron chi connectivity index (χ4n) is 0.979. The Labute approximate surface area is 88.1 Å². The lowest BCUT2D eigenvalue weighted by Gasteiger charge is -2.17. The molecule has 0 heterocycles. The summed E-state index contributed by atoms with van der Waals surface area (Å²) in [6, 6.07) is 6.16. The van der Waals surface area contributed by atoms with Gasteiger partial charge in [-0.25, -0.2) is 4.79 Å². The van der Waals surface area contributed by atoms with Crippen LogP contribution >= 0.6 is 0 Å². The first kappa shape index (κ1) is 11.5. The number of hydrogen-bond acceptors (Lipinski definition) is 3. The van der Waals surface area contributed by atoms with E-state index >= 15 is 0 Å². The summed E-state index contributed by atoms with van der Waals surface area (Å²) in [7, 11) is 0. The van der Waals surface area contributed by atoms with E-state index in [1.54, 1.807) is 26.0 Å². The highest BCUT2D eigenvalue weighted by Crippen LogP contribution is 2.15. The van der Waals surface area contributed by atoms with E-state index in [2.05, 4.69) is 0 Å². The van der Waals surface area contributed by atoms with Gasteiger partial charge in [-0.05, 0) is 32.0 Å². The van der Waals surface area contributed by atoms with Crippen molar-refractivity contribution in [3.05, 3.63) is 29.8 Å². The van der Waals surface area contributed by atoms with Crippen LogP contribution in [0.25, 0.3) is 0 Å². The van der Waals surface area contributed by atoms with Gasteiger partial charge in [0.25, 0.3) is 0 Å². The van der Waals surface area contributed by atoms with Crippen LogP contribution in [0.4, 0.5) is 0 Å². The molecule has 0 aliphatic carbocycles. The summed E-state index contributed by atoms with van der Waals surface area (Å²) in [5.74, 6) is -0.555. The van der Waals surface area contributed by atoms with Crippen LogP contribution in [0.15, 0.2) is 24.3 Å². The number of aliphatic hydroxyl groups is 1. The third kappa shape index (κ3) is 3.99. The number of carboxylic acid groups (broad SMARTS) is 1. The Kier molecular flexibility index (Phi) is 3.31. The SMILES string of the molecule is CC(C)(O)COc1cccc(C(=O)O)c1. The van der Waals surface area contributed by atoms with Gasteiger partial charge in [-0.2, -0.15) is 0 Å². The smallest absolute Gasteiger partial charge is 0.335 e. The Morgan fingerprint density at radius 1 is 1.47 bits per heavy atom. The van der Waals surface area contributed by atoms with Crippen molar-refractivity contribution in [3.63, 3.8) is 0 Å². The maximum absolute atomic E-state index is 10.6. The fraction of sp³-hybridized carbons (Fsp3) is 0.364. The summed E-state index contributed by atoms with van der Waals surface area (Å²) < 4.78 is 5.25. The molecule has 1 aromatic rings. The summed E-state index contributed by atoms with van der Waals surface area (Å²) in [5, 5.41) is 18.1. The van der Waals surface area contributed by atoms with Crippen LogP contribution in [0.3, 0.4) is 0 Å². The van der Waals surface area contributed by atoms with E-state index in [0.29, 0.717) is 5.75 Å². The minimum absolute atomic E-state index is 0.121. The minimum atomic E-state index is -0.997. The summed E-state index contributed by atoms with van der Waals surface area (Å²) in [6.07, 6.45) is 0. The molecule has 0 fully saturated rings. The zero-order chi connectivity index (χ0) is 11.5. The van der Waals surface area contributed by atoms with Crippen LogP contribution in [0.1, 0.15) is 24.2 Å². The van der Waals surface area contributed by atoms with E-state index in [1.165, 1.54) is 12.1 Å². The van der Waals surface area contributed by atoms with Crippen molar-refractivity contribution < 1.29 is 19.7 Å². The van der Waals surface area contributed by atoms with Gasteiger partial charge in [0.05, 0.1) is 11.2 Å². The van der Waals surface area contributed by atoms with Crippen LogP contribution < -0.4 is 4.74 Å². The number of ether oxygens (including phenoxy) is 1. The lowest BCUT2D eigenvalue weighted by molar-refractivity contribution is 0.0284. The van der Waals surface area contributed by atoms with Crippen molar-refractivity contribution >= 4 is 5.97 Å². The number of rotatable bonds is 4. The average Bonchev–Trinajstić information content (AvgIpc) is 2.14. The van der Waals surface area contributed by atoms with Crippen molar-refractivity contribution in [2.24, 2.45) is 0 Å². The summed E-state index contributed by atoms with van der Waals surface area (Å²) in [6.45, 7) is 3.36. The summed E-state index contributed by atoms with van der Waals surface area (Å²) >= 11 is 0. The second-order valence-corrected chi connectivity index (χ2v) is 3.93. The molecule has 0 aliphatic rings. The lowest BCUT2D eigenvalue weighted by Crippen LogP contribution is -2.27. The molecule has 0 saturated heterocycles. The number of aromatic carboxylic acids is 1. The molecule has 0 radical (unpaired) electrons. The predicted molar refractivity (Wildman–Crippen MR) is 55.2 cm³/mol. The molecule has 0 amide bonds. The molecule has 15 heavy (non-hydrogen) atoms. The number of hydrogen-bond donors (Lipinski definition) is 2. The van der Waals surface area contributed by atoms with Gasteiger partial charge in [0, 0.05) is 0 Å². The van der Waals surface area contributed by atoms with Gasteiger partial charge in [0.2, 0.25) is 0 Å². The van der Waals surface area contributed by atoms with E-state index in [-0.39, 0.29) is 12.2 Å². The number of carbonyl (C=O) groups is 1.